The summed E-state index contributed by atoms with van der Waals surface area (Å²) in [4.78, 5) is 0. The van der Waals surface area contributed by atoms with Crippen LogP contribution in [-0.2, 0) is 0 Å². The third-order valence-corrected chi connectivity index (χ3v) is 2.39. The summed E-state index contributed by atoms with van der Waals surface area (Å²) in [6, 6.07) is 0. The Labute approximate surface area is 130 Å². The van der Waals surface area contributed by atoms with Crippen molar-refractivity contribution in [1.82, 2.24) is 0 Å². The molecule has 0 N–H and O–H groups in total. The van der Waals surface area contributed by atoms with E-state index in [1.807, 2.05) is 12.2 Å². The van der Waals surface area contributed by atoms with E-state index in [-0.39, 0.29) is 0 Å². The van der Waals surface area contributed by atoms with E-state index in [2.05, 4.69) is 53.4 Å². The summed E-state index contributed by atoms with van der Waals surface area (Å²) in [5, 5.41) is 0. The molecule has 0 bridgehead atoms. The van der Waals surface area contributed by atoms with Crippen LogP contribution < -0.4 is 0 Å². The first-order valence-corrected chi connectivity index (χ1v) is 7.09. The second-order valence-electron chi connectivity index (χ2n) is 4.13. The molecule has 0 radical (unpaired) electrons. The van der Waals surface area contributed by atoms with Crippen molar-refractivity contribution in [3.63, 3.8) is 0 Å². The second-order valence-corrected chi connectivity index (χ2v) is 4.13. The first-order chi connectivity index (χ1) is 10.4. The lowest BCUT2D eigenvalue weighted by Gasteiger charge is -1.90. The highest BCUT2D eigenvalue weighted by molar-refractivity contribution is 5.30. The number of hydrogen-bond acceptors (Lipinski definition) is 0. The summed E-state index contributed by atoms with van der Waals surface area (Å²) in [6.45, 7) is 0. The number of hydrogen-bond donors (Lipinski definition) is 0. The van der Waals surface area contributed by atoms with Gasteiger partial charge in [-0.1, -0.05) is 35.8 Å². The molecule has 0 aliphatic carbocycles. The molecule has 0 fully saturated rings. The van der Waals surface area contributed by atoms with Gasteiger partial charge in [-0.3, -0.25) is 0 Å². The van der Waals surface area contributed by atoms with Gasteiger partial charge in [-0.2, -0.15) is 0 Å². The molecule has 0 saturated heterocycles. The zero-order valence-corrected chi connectivity index (χ0v) is 12.4. The first kappa shape index (κ1) is 18.3. The van der Waals surface area contributed by atoms with E-state index in [1.54, 1.807) is 6.08 Å². The third-order valence-electron chi connectivity index (χ3n) is 2.39. The maximum atomic E-state index is 5.11. The summed E-state index contributed by atoms with van der Waals surface area (Å²) in [5.74, 6) is 21.7. The molecule has 0 unspecified atom stereocenters. The van der Waals surface area contributed by atoms with Gasteiger partial charge >= 0.3 is 0 Å². The molecule has 0 aromatic rings. The lowest BCUT2D eigenvalue weighted by Crippen LogP contribution is -1.71. The van der Waals surface area contributed by atoms with E-state index in [4.69, 9.17) is 12.8 Å². The Balaban J connectivity index is 3.57. The Kier molecular flexibility index (Phi) is 15.0. The van der Waals surface area contributed by atoms with Crippen LogP contribution in [-0.4, -0.2) is 0 Å². The Hall–Kier alpha value is -2.72. The van der Waals surface area contributed by atoms with Crippen LogP contribution in [0.25, 0.3) is 0 Å². The van der Waals surface area contributed by atoms with Gasteiger partial charge in [0.1, 0.15) is 0 Å². The van der Waals surface area contributed by atoms with Gasteiger partial charge in [0.15, 0.2) is 0 Å². The van der Waals surface area contributed by atoms with Crippen molar-refractivity contribution in [2.75, 3.05) is 0 Å². The predicted molar refractivity (Wildman–Crippen MR) is 91.6 cm³/mol. The van der Waals surface area contributed by atoms with Crippen LogP contribution in [0, 0.1) is 60.2 Å². The first-order valence-electron chi connectivity index (χ1n) is 7.09. The van der Waals surface area contributed by atoms with E-state index in [1.165, 1.54) is 0 Å². The van der Waals surface area contributed by atoms with Crippen LogP contribution in [0.3, 0.4) is 0 Å². The molecular formula is C21H20. The SMILES string of the molecule is C#CC#CCCCC#CC#C/C=C\CCCC/C=C\C#C. The van der Waals surface area contributed by atoms with Crippen LogP contribution in [0.2, 0.25) is 0 Å². The highest BCUT2D eigenvalue weighted by Gasteiger charge is 1.82. The lowest BCUT2D eigenvalue weighted by molar-refractivity contribution is 0.762. The van der Waals surface area contributed by atoms with E-state index in [9.17, 15) is 0 Å². The average molecular weight is 272 g/mol. The number of allylic oxidation sites excluding steroid dienone is 4. The van der Waals surface area contributed by atoms with Gasteiger partial charge in [-0.25, -0.2) is 0 Å². The van der Waals surface area contributed by atoms with E-state index >= 15 is 0 Å². The normalized spacial score (nSPS) is 8.67. The third kappa shape index (κ3) is 17.3. The van der Waals surface area contributed by atoms with Crippen LogP contribution in [0.1, 0.15) is 44.9 Å². The Morgan fingerprint density at radius 1 is 0.714 bits per heavy atom. The van der Waals surface area contributed by atoms with Crippen molar-refractivity contribution in [2.24, 2.45) is 0 Å². The predicted octanol–water partition coefficient (Wildman–Crippen LogP) is 4.11. The monoisotopic (exact) mass is 272 g/mol. The summed E-state index contributed by atoms with van der Waals surface area (Å²) < 4.78 is 0. The van der Waals surface area contributed by atoms with E-state index in [0.717, 1.165) is 44.9 Å². The molecule has 0 rings (SSSR count). The van der Waals surface area contributed by atoms with Gasteiger partial charge in [-0.15, -0.1) is 12.8 Å². The molecule has 0 amide bonds. The molecule has 0 aromatic heterocycles. The van der Waals surface area contributed by atoms with Crippen molar-refractivity contribution < 1.29 is 0 Å². The van der Waals surface area contributed by atoms with Gasteiger partial charge < -0.3 is 0 Å². The van der Waals surface area contributed by atoms with Crippen molar-refractivity contribution in [1.29, 1.82) is 0 Å². The summed E-state index contributed by atoms with van der Waals surface area (Å²) in [5.41, 5.74) is 0. The van der Waals surface area contributed by atoms with Gasteiger partial charge in [0.2, 0.25) is 0 Å². The topological polar surface area (TPSA) is 0 Å². The standard InChI is InChI=1S/C21H20/c1-3-5-7-9-11-13-15-17-19-21-20-18-16-14-12-10-8-6-4-2/h1-2,5,7,17,19H,9-15H2/b7-5-,19-17-. The largest absolute Gasteiger partial charge is 0.115 e. The Bertz CT molecular complexity index is 581. The fourth-order valence-corrected chi connectivity index (χ4v) is 1.38. The Morgan fingerprint density at radius 2 is 1.38 bits per heavy atom. The molecule has 104 valence electrons. The molecule has 21 heavy (non-hydrogen) atoms. The minimum Gasteiger partial charge on any atom is -0.115 e. The Morgan fingerprint density at radius 3 is 2.05 bits per heavy atom. The van der Waals surface area contributed by atoms with Crippen molar-refractivity contribution in [3.8, 4) is 60.2 Å². The van der Waals surface area contributed by atoms with Gasteiger partial charge in [-0.05, 0) is 67.9 Å². The average Bonchev–Trinajstić information content (AvgIpc) is 2.50. The summed E-state index contributed by atoms with van der Waals surface area (Å²) >= 11 is 0. The number of unbranched alkanes of at least 4 members (excludes halogenated alkanes) is 5. The smallest absolute Gasteiger partial charge is 0.0108 e. The second kappa shape index (κ2) is 17.3. The van der Waals surface area contributed by atoms with Gasteiger partial charge in [0.25, 0.3) is 0 Å². The maximum Gasteiger partial charge on any atom is 0.0108 e. The highest BCUT2D eigenvalue weighted by Crippen LogP contribution is 2.01. The van der Waals surface area contributed by atoms with Crippen LogP contribution in [0.4, 0.5) is 0 Å². The maximum absolute atomic E-state index is 5.11. The lowest BCUT2D eigenvalue weighted by atomic mass is 10.2. The molecule has 0 saturated carbocycles. The summed E-state index contributed by atoms with van der Waals surface area (Å²) in [7, 11) is 0. The molecule has 0 nitrogen and oxygen atoms in total. The summed E-state index contributed by atoms with van der Waals surface area (Å²) in [6.07, 6.45) is 24.8. The zero-order valence-electron chi connectivity index (χ0n) is 12.4. The minimum absolute atomic E-state index is 0.794. The van der Waals surface area contributed by atoms with E-state index < -0.39 is 0 Å². The van der Waals surface area contributed by atoms with Crippen molar-refractivity contribution in [3.05, 3.63) is 24.3 Å². The molecule has 0 aliphatic rings. The number of terminal acetylenes is 2. The molecule has 0 heterocycles. The molecule has 0 aliphatic heterocycles. The molecule has 0 atom stereocenters. The van der Waals surface area contributed by atoms with Crippen LogP contribution in [0.15, 0.2) is 24.3 Å². The molecule has 0 heteroatoms. The highest BCUT2D eigenvalue weighted by atomic mass is 13.9. The quantitative estimate of drug-likeness (QED) is 0.483. The molecule has 0 spiro atoms. The fraction of sp³-hybridized carbons (Fsp3) is 0.333. The van der Waals surface area contributed by atoms with Crippen molar-refractivity contribution in [2.45, 2.75) is 44.9 Å². The number of rotatable bonds is 7. The minimum atomic E-state index is 0.794. The van der Waals surface area contributed by atoms with E-state index in [0.29, 0.717) is 0 Å². The van der Waals surface area contributed by atoms with Crippen molar-refractivity contribution >= 4 is 0 Å². The molecular weight excluding hydrogens is 252 g/mol. The zero-order chi connectivity index (χ0) is 15.4. The van der Waals surface area contributed by atoms with Crippen LogP contribution in [0.5, 0.6) is 0 Å². The fourth-order valence-electron chi connectivity index (χ4n) is 1.38. The van der Waals surface area contributed by atoms with Gasteiger partial charge in [0.05, 0.1) is 0 Å². The molecule has 0 aromatic carbocycles. The van der Waals surface area contributed by atoms with Gasteiger partial charge in [0, 0.05) is 12.8 Å². The van der Waals surface area contributed by atoms with Crippen LogP contribution >= 0.6 is 0 Å².